The van der Waals surface area contributed by atoms with Crippen molar-refractivity contribution in [2.75, 3.05) is 13.2 Å². The molecule has 0 radical (unpaired) electrons. The van der Waals surface area contributed by atoms with Crippen LogP contribution in [0.4, 0.5) is 0 Å². The van der Waals surface area contributed by atoms with Gasteiger partial charge in [0.25, 0.3) is 0 Å². The minimum absolute atomic E-state index is 0.0197. The van der Waals surface area contributed by atoms with E-state index in [-0.39, 0.29) is 29.6 Å². The largest absolute Gasteiger partial charge is 0.463 e. The van der Waals surface area contributed by atoms with Crippen molar-refractivity contribution in [3.05, 3.63) is 39.9 Å². The maximum absolute atomic E-state index is 11.6. The van der Waals surface area contributed by atoms with Gasteiger partial charge in [-0.25, -0.2) is 0 Å². The lowest BCUT2D eigenvalue weighted by Gasteiger charge is -2.11. The van der Waals surface area contributed by atoms with E-state index in [0.717, 1.165) is 11.1 Å². The molecule has 0 aliphatic heterocycles. The summed E-state index contributed by atoms with van der Waals surface area (Å²) in [5.41, 5.74) is 1.69. The highest BCUT2D eigenvalue weighted by atomic mass is 35.5. The zero-order chi connectivity index (χ0) is 13.5. The van der Waals surface area contributed by atoms with Gasteiger partial charge in [-0.1, -0.05) is 47.5 Å². The number of hydrogen-bond acceptors (Lipinski definition) is 3. The van der Waals surface area contributed by atoms with Crippen molar-refractivity contribution in [2.45, 2.75) is 12.8 Å². The first-order valence-electron chi connectivity index (χ1n) is 5.44. The van der Waals surface area contributed by atoms with Crippen LogP contribution in [0.1, 0.15) is 24.0 Å². The molecular formula is C13H14Cl2O3. The van der Waals surface area contributed by atoms with Gasteiger partial charge < -0.3 is 9.84 Å². The van der Waals surface area contributed by atoms with Crippen molar-refractivity contribution in [2.24, 2.45) is 0 Å². The molecule has 18 heavy (non-hydrogen) atoms. The fourth-order valence-corrected chi connectivity index (χ4v) is 1.67. The summed E-state index contributed by atoms with van der Waals surface area (Å²) >= 11 is 11.1. The zero-order valence-corrected chi connectivity index (χ0v) is 11.4. The van der Waals surface area contributed by atoms with E-state index in [1.165, 1.54) is 0 Å². The van der Waals surface area contributed by atoms with Gasteiger partial charge in [-0.3, -0.25) is 4.79 Å². The lowest BCUT2D eigenvalue weighted by molar-refractivity contribution is -0.146. The zero-order valence-electron chi connectivity index (χ0n) is 9.90. The van der Waals surface area contributed by atoms with Gasteiger partial charge >= 0.3 is 5.97 Å². The summed E-state index contributed by atoms with van der Waals surface area (Å²) in [6, 6.07) is 7.26. The fraction of sp³-hybridized carbons (Fsp3) is 0.308. The lowest BCUT2D eigenvalue weighted by Crippen LogP contribution is -2.15. The molecule has 0 fully saturated rings. The maximum atomic E-state index is 11.6. The van der Waals surface area contributed by atoms with E-state index in [4.69, 9.17) is 33.0 Å². The van der Waals surface area contributed by atoms with Crippen molar-refractivity contribution in [3.63, 3.8) is 0 Å². The molecule has 5 heteroatoms. The molecule has 98 valence electrons. The van der Waals surface area contributed by atoms with Crippen LogP contribution in [0.5, 0.6) is 0 Å². The third-order valence-electron chi connectivity index (χ3n) is 2.40. The Hall–Kier alpha value is -1.03. The molecule has 0 spiro atoms. The number of ether oxygens (including phenoxy) is 1. The highest BCUT2D eigenvalue weighted by Crippen LogP contribution is 2.19. The Morgan fingerprint density at radius 1 is 1.39 bits per heavy atom. The summed E-state index contributed by atoms with van der Waals surface area (Å²) < 4.78 is 5.04. The molecule has 0 aliphatic carbocycles. The van der Waals surface area contributed by atoms with Crippen LogP contribution < -0.4 is 0 Å². The van der Waals surface area contributed by atoms with E-state index in [2.05, 4.69) is 0 Å². The van der Waals surface area contributed by atoms with Gasteiger partial charge in [0, 0.05) is 0 Å². The van der Waals surface area contributed by atoms with Gasteiger partial charge in [0.1, 0.15) is 11.1 Å². The number of aliphatic hydroxyl groups is 1. The Bertz CT molecular complexity index is 422. The number of carbonyl (C=O) groups is 1. The molecule has 1 rings (SSSR count). The molecule has 1 aromatic carbocycles. The molecule has 1 unspecified atom stereocenters. The van der Waals surface area contributed by atoms with E-state index < -0.39 is 0 Å². The van der Waals surface area contributed by atoms with E-state index in [1.54, 1.807) is 13.0 Å². The summed E-state index contributed by atoms with van der Waals surface area (Å²) in [6.07, 6.45) is 1.61. The molecule has 1 N–H and O–H groups in total. The number of esters is 1. The molecule has 1 aromatic rings. The summed E-state index contributed by atoms with van der Waals surface area (Å²) in [5.74, 6) is -0.733. The molecule has 0 amide bonds. The predicted octanol–water partition coefficient (Wildman–Crippen LogP) is 3.10. The number of hydrogen-bond donors (Lipinski definition) is 1. The minimum Gasteiger partial charge on any atom is -0.463 e. The van der Waals surface area contributed by atoms with Crippen LogP contribution in [0, 0.1) is 0 Å². The Balaban J connectivity index is 2.72. The van der Waals surface area contributed by atoms with Gasteiger partial charge in [0.05, 0.1) is 12.5 Å². The normalized spacial score (nSPS) is 11.8. The van der Waals surface area contributed by atoms with E-state index >= 15 is 0 Å². The van der Waals surface area contributed by atoms with Gasteiger partial charge in [-0.2, -0.15) is 0 Å². The van der Waals surface area contributed by atoms with E-state index in [0.29, 0.717) is 0 Å². The van der Waals surface area contributed by atoms with Crippen LogP contribution in [0.2, 0.25) is 0 Å². The number of halogens is 2. The smallest absolute Gasteiger partial charge is 0.313 e. The summed E-state index contributed by atoms with van der Waals surface area (Å²) in [6.45, 7) is 1.60. The molecular weight excluding hydrogens is 275 g/mol. The third-order valence-corrected chi connectivity index (χ3v) is 2.62. The summed E-state index contributed by atoms with van der Waals surface area (Å²) in [7, 11) is 0. The SMILES string of the molecule is CC(C(=O)OCCO)c1ccc(C=C(Cl)Cl)cc1. The Labute approximate surface area is 116 Å². The molecule has 0 bridgehead atoms. The van der Waals surface area contributed by atoms with Crippen LogP contribution in [0.25, 0.3) is 6.08 Å². The van der Waals surface area contributed by atoms with E-state index in [1.807, 2.05) is 24.3 Å². The lowest BCUT2D eigenvalue weighted by atomic mass is 10.00. The van der Waals surface area contributed by atoms with Crippen LogP contribution in [0.15, 0.2) is 28.8 Å². The standard InChI is InChI=1S/C13H14Cl2O3/c1-9(13(17)18-7-6-16)11-4-2-10(3-5-11)8-12(14)15/h2-5,8-9,16H,6-7H2,1H3. The number of rotatable bonds is 5. The Morgan fingerprint density at radius 2 is 2.00 bits per heavy atom. The average Bonchev–Trinajstić information content (AvgIpc) is 2.35. The quantitative estimate of drug-likeness (QED) is 0.847. The fourth-order valence-electron chi connectivity index (χ4n) is 1.41. The highest BCUT2D eigenvalue weighted by molar-refractivity contribution is 6.57. The van der Waals surface area contributed by atoms with Crippen molar-refractivity contribution < 1.29 is 14.6 Å². The van der Waals surface area contributed by atoms with Crippen LogP contribution in [0.3, 0.4) is 0 Å². The Morgan fingerprint density at radius 3 is 2.50 bits per heavy atom. The van der Waals surface area contributed by atoms with Gasteiger partial charge in [-0.05, 0) is 24.1 Å². The maximum Gasteiger partial charge on any atom is 0.313 e. The van der Waals surface area contributed by atoms with Crippen molar-refractivity contribution >= 4 is 35.2 Å². The second-order valence-electron chi connectivity index (χ2n) is 3.71. The Kier molecular flexibility index (Phi) is 6.19. The molecule has 0 aliphatic rings. The topological polar surface area (TPSA) is 46.5 Å². The molecule has 0 heterocycles. The first kappa shape index (κ1) is 15.0. The van der Waals surface area contributed by atoms with Crippen molar-refractivity contribution in [3.8, 4) is 0 Å². The van der Waals surface area contributed by atoms with Crippen molar-refractivity contribution in [1.82, 2.24) is 0 Å². The second-order valence-corrected chi connectivity index (χ2v) is 4.72. The molecule has 3 nitrogen and oxygen atoms in total. The molecule has 1 atom stereocenters. The first-order chi connectivity index (χ1) is 8.54. The summed E-state index contributed by atoms with van der Waals surface area (Å²) in [4.78, 5) is 11.6. The van der Waals surface area contributed by atoms with Gasteiger partial charge in [-0.15, -0.1) is 0 Å². The minimum atomic E-state index is -0.374. The van der Waals surface area contributed by atoms with E-state index in [9.17, 15) is 4.79 Å². The average molecular weight is 289 g/mol. The number of benzene rings is 1. The molecule has 0 saturated heterocycles. The number of aliphatic hydroxyl groups excluding tert-OH is 1. The predicted molar refractivity (Wildman–Crippen MR) is 72.6 cm³/mol. The first-order valence-corrected chi connectivity index (χ1v) is 6.20. The third kappa shape index (κ3) is 4.69. The van der Waals surface area contributed by atoms with Gasteiger partial charge in [0.2, 0.25) is 0 Å². The van der Waals surface area contributed by atoms with Crippen LogP contribution >= 0.6 is 23.2 Å². The number of carbonyl (C=O) groups excluding carboxylic acids is 1. The van der Waals surface area contributed by atoms with Gasteiger partial charge in [0.15, 0.2) is 0 Å². The molecule has 0 saturated carbocycles. The second kappa shape index (κ2) is 7.41. The summed E-state index contributed by atoms with van der Waals surface area (Å²) in [5, 5.41) is 8.58. The van der Waals surface area contributed by atoms with Crippen LogP contribution in [-0.2, 0) is 9.53 Å². The van der Waals surface area contributed by atoms with Crippen LogP contribution in [-0.4, -0.2) is 24.3 Å². The highest BCUT2D eigenvalue weighted by Gasteiger charge is 2.16. The monoisotopic (exact) mass is 288 g/mol. The van der Waals surface area contributed by atoms with Crippen molar-refractivity contribution in [1.29, 1.82) is 0 Å². The molecule has 0 aromatic heterocycles.